The van der Waals surface area contributed by atoms with Gasteiger partial charge in [0.15, 0.2) is 6.79 Å². The summed E-state index contributed by atoms with van der Waals surface area (Å²) in [7, 11) is 1.95. The third kappa shape index (κ3) is 4.59. The first-order chi connectivity index (χ1) is 10.2. The number of ether oxygens (including phenoxy) is 2. The predicted molar refractivity (Wildman–Crippen MR) is 85.4 cm³/mol. The second-order valence-corrected chi connectivity index (χ2v) is 5.19. The number of nitrogens with one attached hydrogen (secondary N) is 1. The highest BCUT2D eigenvalue weighted by Crippen LogP contribution is 2.24. The summed E-state index contributed by atoms with van der Waals surface area (Å²) in [5.74, 6) is 0.919. The van der Waals surface area contributed by atoms with Crippen LogP contribution in [0.5, 0.6) is 5.75 Å². The predicted octanol–water partition coefficient (Wildman–Crippen LogP) is 3.58. The minimum Gasteiger partial charge on any atom is -0.467 e. The molecule has 0 aromatic heterocycles. The first kappa shape index (κ1) is 15.5. The summed E-state index contributed by atoms with van der Waals surface area (Å²) in [5.41, 5.74) is 4.70. The van der Waals surface area contributed by atoms with Crippen LogP contribution in [0, 0.1) is 13.8 Å². The van der Waals surface area contributed by atoms with E-state index in [2.05, 4.69) is 31.3 Å². The molecule has 0 aliphatic heterocycles. The molecule has 0 amide bonds. The molecule has 21 heavy (non-hydrogen) atoms. The van der Waals surface area contributed by atoms with Gasteiger partial charge in [0.25, 0.3) is 0 Å². The smallest absolute Gasteiger partial charge is 0.189 e. The molecular weight excluding hydrogens is 262 g/mol. The first-order valence-electron chi connectivity index (χ1n) is 7.20. The minimum atomic E-state index is 0.266. The molecule has 0 heterocycles. The van der Waals surface area contributed by atoms with Crippen LogP contribution in [-0.2, 0) is 17.9 Å². The summed E-state index contributed by atoms with van der Waals surface area (Å²) in [5, 5.41) is 3.16. The average molecular weight is 285 g/mol. The lowest BCUT2D eigenvalue weighted by molar-refractivity contribution is 0.00430. The molecule has 1 N–H and O–H groups in total. The number of rotatable bonds is 7. The molecule has 2 rings (SSSR count). The molecule has 0 aliphatic rings. The molecule has 0 spiro atoms. The van der Waals surface area contributed by atoms with Crippen molar-refractivity contribution in [3.63, 3.8) is 0 Å². The Bertz CT molecular complexity index is 544. The molecule has 0 aliphatic carbocycles. The molecule has 3 nitrogen and oxygen atoms in total. The van der Waals surface area contributed by atoms with E-state index < -0.39 is 0 Å². The van der Waals surface area contributed by atoms with Crippen molar-refractivity contribution in [3.05, 3.63) is 64.7 Å². The van der Waals surface area contributed by atoms with Gasteiger partial charge < -0.3 is 14.8 Å². The second-order valence-electron chi connectivity index (χ2n) is 5.19. The number of benzene rings is 2. The lowest BCUT2D eigenvalue weighted by Crippen LogP contribution is -2.08. The van der Waals surface area contributed by atoms with E-state index in [9.17, 15) is 0 Å². The van der Waals surface area contributed by atoms with Crippen LogP contribution in [0.4, 0.5) is 0 Å². The molecular formula is C18H23NO2. The summed E-state index contributed by atoms with van der Waals surface area (Å²) >= 11 is 0. The Morgan fingerprint density at radius 3 is 2.24 bits per heavy atom. The van der Waals surface area contributed by atoms with Gasteiger partial charge in [0, 0.05) is 6.54 Å². The van der Waals surface area contributed by atoms with Crippen LogP contribution < -0.4 is 10.1 Å². The zero-order valence-corrected chi connectivity index (χ0v) is 13.0. The summed E-state index contributed by atoms with van der Waals surface area (Å²) in [4.78, 5) is 0. The van der Waals surface area contributed by atoms with E-state index in [1.54, 1.807) is 0 Å². The maximum atomic E-state index is 5.78. The lowest BCUT2D eigenvalue weighted by atomic mass is 10.1. The van der Waals surface area contributed by atoms with E-state index in [0.717, 1.165) is 29.0 Å². The quantitative estimate of drug-likeness (QED) is 0.623. The molecule has 2 aromatic rings. The molecule has 0 bridgehead atoms. The Kier molecular flexibility index (Phi) is 5.78. The molecule has 0 saturated carbocycles. The van der Waals surface area contributed by atoms with E-state index in [4.69, 9.17) is 9.47 Å². The molecule has 0 saturated heterocycles. The van der Waals surface area contributed by atoms with Crippen LogP contribution in [-0.4, -0.2) is 13.8 Å². The highest BCUT2D eigenvalue weighted by Gasteiger charge is 2.06. The van der Waals surface area contributed by atoms with Crippen LogP contribution in [0.1, 0.15) is 22.3 Å². The largest absolute Gasteiger partial charge is 0.467 e. The molecule has 0 unspecified atom stereocenters. The van der Waals surface area contributed by atoms with Crippen molar-refractivity contribution in [1.82, 2.24) is 5.32 Å². The Balaban J connectivity index is 1.88. The Hall–Kier alpha value is -1.84. The van der Waals surface area contributed by atoms with Crippen molar-refractivity contribution >= 4 is 0 Å². The van der Waals surface area contributed by atoms with Gasteiger partial charge in [-0.2, -0.15) is 0 Å². The zero-order chi connectivity index (χ0) is 15.1. The van der Waals surface area contributed by atoms with Gasteiger partial charge in [-0.1, -0.05) is 42.5 Å². The highest BCUT2D eigenvalue weighted by atomic mass is 16.7. The van der Waals surface area contributed by atoms with Gasteiger partial charge in [-0.15, -0.1) is 0 Å². The van der Waals surface area contributed by atoms with Gasteiger partial charge >= 0.3 is 0 Å². The third-order valence-corrected chi connectivity index (χ3v) is 3.30. The van der Waals surface area contributed by atoms with E-state index in [0.29, 0.717) is 6.61 Å². The number of aryl methyl sites for hydroxylation is 2. The summed E-state index contributed by atoms with van der Waals surface area (Å²) in [6, 6.07) is 14.4. The summed E-state index contributed by atoms with van der Waals surface area (Å²) in [6.45, 7) is 5.84. The standard InChI is InChI=1S/C18H23NO2/c1-14-9-17(11-19-3)10-15(2)18(14)21-13-20-12-16-7-5-4-6-8-16/h4-10,19H,11-13H2,1-3H3. The van der Waals surface area contributed by atoms with E-state index in [-0.39, 0.29) is 6.79 Å². The highest BCUT2D eigenvalue weighted by molar-refractivity contribution is 5.43. The van der Waals surface area contributed by atoms with Crippen molar-refractivity contribution in [1.29, 1.82) is 0 Å². The maximum absolute atomic E-state index is 5.78. The monoisotopic (exact) mass is 285 g/mol. The fourth-order valence-corrected chi connectivity index (χ4v) is 2.41. The van der Waals surface area contributed by atoms with Crippen molar-refractivity contribution in [2.24, 2.45) is 0 Å². The third-order valence-electron chi connectivity index (χ3n) is 3.30. The Morgan fingerprint density at radius 2 is 1.62 bits per heavy atom. The minimum absolute atomic E-state index is 0.266. The van der Waals surface area contributed by atoms with E-state index in [1.807, 2.05) is 37.4 Å². The van der Waals surface area contributed by atoms with Crippen LogP contribution in [0.3, 0.4) is 0 Å². The average Bonchev–Trinajstić information content (AvgIpc) is 2.47. The maximum Gasteiger partial charge on any atom is 0.189 e. The molecule has 0 fully saturated rings. The normalized spacial score (nSPS) is 10.6. The lowest BCUT2D eigenvalue weighted by Gasteiger charge is -2.14. The van der Waals surface area contributed by atoms with Gasteiger partial charge in [-0.25, -0.2) is 0 Å². The summed E-state index contributed by atoms with van der Waals surface area (Å²) < 4.78 is 11.4. The van der Waals surface area contributed by atoms with Crippen molar-refractivity contribution in [2.75, 3.05) is 13.8 Å². The van der Waals surface area contributed by atoms with E-state index >= 15 is 0 Å². The topological polar surface area (TPSA) is 30.5 Å². The number of hydrogen-bond donors (Lipinski definition) is 1. The number of hydrogen-bond acceptors (Lipinski definition) is 3. The van der Waals surface area contributed by atoms with Crippen LogP contribution in [0.15, 0.2) is 42.5 Å². The zero-order valence-electron chi connectivity index (χ0n) is 13.0. The van der Waals surface area contributed by atoms with Crippen molar-refractivity contribution in [3.8, 4) is 5.75 Å². The van der Waals surface area contributed by atoms with Gasteiger partial charge in [-0.05, 0) is 43.1 Å². The Morgan fingerprint density at radius 1 is 0.952 bits per heavy atom. The molecule has 2 aromatic carbocycles. The molecule has 112 valence electrons. The second kappa shape index (κ2) is 7.81. The molecule has 0 radical (unpaired) electrons. The SMILES string of the molecule is CNCc1cc(C)c(OCOCc2ccccc2)c(C)c1. The van der Waals surface area contributed by atoms with Crippen LogP contribution in [0.25, 0.3) is 0 Å². The summed E-state index contributed by atoms with van der Waals surface area (Å²) in [6.07, 6.45) is 0. The van der Waals surface area contributed by atoms with Crippen LogP contribution in [0.2, 0.25) is 0 Å². The molecule has 0 atom stereocenters. The van der Waals surface area contributed by atoms with Crippen LogP contribution >= 0.6 is 0 Å². The Labute approximate surface area is 126 Å². The van der Waals surface area contributed by atoms with Crippen molar-refractivity contribution in [2.45, 2.75) is 27.0 Å². The fourth-order valence-electron chi connectivity index (χ4n) is 2.41. The van der Waals surface area contributed by atoms with Gasteiger partial charge in [0.05, 0.1) is 6.61 Å². The fraction of sp³-hybridized carbons (Fsp3) is 0.333. The van der Waals surface area contributed by atoms with Gasteiger partial charge in [0.2, 0.25) is 0 Å². The van der Waals surface area contributed by atoms with Crippen molar-refractivity contribution < 1.29 is 9.47 Å². The van der Waals surface area contributed by atoms with Gasteiger partial charge in [-0.3, -0.25) is 0 Å². The molecule has 3 heteroatoms. The first-order valence-corrected chi connectivity index (χ1v) is 7.20. The van der Waals surface area contributed by atoms with E-state index in [1.165, 1.54) is 5.56 Å². The van der Waals surface area contributed by atoms with Gasteiger partial charge in [0.1, 0.15) is 5.75 Å².